The van der Waals surface area contributed by atoms with E-state index in [4.69, 9.17) is 9.98 Å². The predicted octanol–water partition coefficient (Wildman–Crippen LogP) is 8.99. The summed E-state index contributed by atoms with van der Waals surface area (Å²) in [6, 6.07) is 44.5. The maximum absolute atomic E-state index is 5.51. The number of aromatic nitrogens is 2. The van der Waals surface area contributed by atoms with Crippen LogP contribution in [0.4, 0.5) is 0 Å². The minimum Gasteiger partial charge on any atom is -0.322 e. The fourth-order valence-electron chi connectivity index (χ4n) is 8.45. The van der Waals surface area contributed by atoms with Gasteiger partial charge in [0.2, 0.25) is 0 Å². The molecule has 0 fully saturated rings. The molecule has 4 heteroatoms. The molecule has 0 saturated heterocycles. The molecule has 0 spiro atoms. The molecule has 254 valence electrons. The van der Waals surface area contributed by atoms with Crippen molar-refractivity contribution >= 4 is 33.7 Å². The molecule has 0 atom stereocenters. The second kappa shape index (κ2) is 12.0. The van der Waals surface area contributed by atoms with Gasteiger partial charge in [-0.3, -0.25) is 0 Å². The van der Waals surface area contributed by atoms with Gasteiger partial charge in [0.1, 0.15) is 6.67 Å². The van der Waals surface area contributed by atoms with Crippen LogP contribution in [0.2, 0.25) is 0 Å². The molecule has 10 rings (SSSR count). The first-order valence-corrected chi connectivity index (χ1v) is 18.3. The summed E-state index contributed by atoms with van der Waals surface area (Å²) in [5, 5.41) is 2.24. The Kier molecular flexibility index (Phi) is 7.09. The van der Waals surface area contributed by atoms with Crippen LogP contribution >= 0.6 is 0 Å². The van der Waals surface area contributed by atoms with Crippen molar-refractivity contribution in [1.29, 1.82) is 0 Å². The molecule has 4 aliphatic heterocycles. The molecule has 6 bridgehead atoms. The van der Waals surface area contributed by atoms with Crippen molar-refractivity contribution in [2.24, 2.45) is 9.98 Å². The van der Waals surface area contributed by atoms with Gasteiger partial charge in [-0.1, -0.05) is 119 Å². The SMILES string of the molecule is Cc1cccc(C2=C3C=CC(=N3)C(c3cccc(C)c3)=c3ccc4n3Cn3c2ccc3C(c2cccc(C)c2)=C2C=CC(=N2)C=4c2cccc(C)c2)c1. The lowest BCUT2D eigenvalue weighted by atomic mass is 9.98. The van der Waals surface area contributed by atoms with Gasteiger partial charge in [0.15, 0.2) is 0 Å². The molecule has 0 saturated carbocycles. The maximum Gasteiger partial charge on any atom is 0.100 e. The Hall–Kier alpha value is -6.52. The lowest BCUT2D eigenvalue weighted by molar-refractivity contribution is 0.578. The van der Waals surface area contributed by atoms with Gasteiger partial charge in [0.25, 0.3) is 0 Å². The van der Waals surface area contributed by atoms with E-state index < -0.39 is 0 Å². The number of nitrogens with zero attached hydrogens (tertiary/aromatic N) is 4. The topological polar surface area (TPSA) is 34.6 Å². The Bertz CT molecular complexity index is 2700. The second-order valence-corrected chi connectivity index (χ2v) is 14.6. The Morgan fingerprint density at radius 2 is 0.774 bits per heavy atom. The molecule has 0 amide bonds. The molecule has 4 aliphatic rings. The second-order valence-electron chi connectivity index (χ2n) is 14.6. The van der Waals surface area contributed by atoms with Gasteiger partial charge in [-0.25, -0.2) is 9.98 Å². The zero-order valence-corrected chi connectivity index (χ0v) is 30.4. The molecule has 4 nitrogen and oxygen atoms in total. The molecule has 53 heavy (non-hydrogen) atoms. The number of benzene rings is 4. The van der Waals surface area contributed by atoms with Crippen molar-refractivity contribution < 1.29 is 0 Å². The van der Waals surface area contributed by atoms with Crippen molar-refractivity contribution in [3.63, 3.8) is 0 Å². The molecule has 0 radical (unpaired) electrons. The number of hydrogen-bond acceptors (Lipinski definition) is 2. The van der Waals surface area contributed by atoms with Crippen LogP contribution in [0, 0.1) is 27.7 Å². The van der Waals surface area contributed by atoms with Crippen LogP contribution < -0.4 is 10.7 Å². The van der Waals surface area contributed by atoms with Crippen molar-refractivity contribution in [2.75, 3.05) is 0 Å². The van der Waals surface area contributed by atoms with E-state index in [1.54, 1.807) is 0 Å². The molecule has 6 aromatic rings. The van der Waals surface area contributed by atoms with E-state index in [2.05, 4.69) is 182 Å². The summed E-state index contributed by atoms with van der Waals surface area (Å²) in [6.07, 6.45) is 8.82. The molecule has 0 aliphatic carbocycles. The van der Waals surface area contributed by atoms with Crippen molar-refractivity contribution in [1.82, 2.24) is 9.13 Å². The van der Waals surface area contributed by atoms with Gasteiger partial charge in [-0.15, -0.1) is 0 Å². The molecule has 2 aromatic heterocycles. The summed E-state index contributed by atoms with van der Waals surface area (Å²) in [5.41, 5.74) is 20.0. The van der Waals surface area contributed by atoms with Gasteiger partial charge in [-0.05, 0) is 98.5 Å². The summed E-state index contributed by atoms with van der Waals surface area (Å²) in [4.78, 5) is 11.0. The zero-order chi connectivity index (χ0) is 35.8. The third kappa shape index (κ3) is 5.13. The van der Waals surface area contributed by atoms with Crippen LogP contribution in [0.1, 0.15) is 55.9 Å². The highest BCUT2D eigenvalue weighted by Gasteiger charge is 2.28. The van der Waals surface area contributed by atoms with E-state index in [-0.39, 0.29) is 0 Å². The fraction of sp³-hybridized carbons (Fsp3) is 0.102. The number of rotatable bonds is 4. The van der Waals surface area contributed by atoms with Gasteiger partial charge in [-0.2, -0.15) is 0 Å². The Labute approximate surface area is 309 Å². The average molecular weight is 683 g/mol. The van der Waals surface area contributed by atoms with Crippen LogP contribution in [0.15, 0.2) is 167 Å². The van der Waals surface area contributed by atoms with Gasteiger partial charge < -0.3 is 9.13 Å². The fourth-order valence-corrected chi connectivity index (χ4v) is 8.45. The van der Waals surface area contributed by atoms with E-state index in [1.165, 1.54) is 22.3 Å². The first-order valence-electron chi connectivity index (χ1n) is 18.3. The Morgan fingerprint density at radius 1 is 0.396 bits per heavy atom. The minimum absolute atomic E-state index is 0.589. The number of fused-ring (bicyclic) bond motifs is 2. The van der Waals surface area contributed by atoms with Crippen LogP contribution in [0.3, 0.4) is 0 Å². The highest BCUT2D eigenvalue weighted by atomic mass is 15.2. The number of aryl methyl sites for hydroxylation is 4. The summed E-state index contributed by atoms with van der Waals surface area (Å²) >= 11 is 0. The van der Waals surface area contributed by atoms with Gasteiger partial charge in [0.05, 0.1) is 44.9 Å². The van der Waals surface area contributed by atoms with Crippen LogP contribution in [-0.4, -0.2) is 20.6 Å². The average Bonchev–Trinajstić information content (AvgIpc) is 3.96. The summed E-state index contributed by atoms with van der Waals surface area (Å²) < 4.78 is 5.01. The van der Waals surface area contributed by atoms with Gasteiger partial charge >= 0.3 is 0 Å². The maximum atomic E-state index is 5.51. The van der Waals surface area contributed by atoms with Crippen LogP contribution in [0.25, 0.3) is 22.3 Å². The van der Waals surface area contributed by atoms with E-state index in [1.807, 2.05) is 0 Å². The highest BCUT2D eigenvalue weighted by Crippen LogP contribution is 2.39. The van der Waals surface area contributed by atoms with Crippen molar-refractivity contribution in [3.05, 3.63) is 224 Å². The highest BCUT2D eigenvalue weighted by molar-refractivity contribution is 6.31. The van der Waals surface area contributed by atoms with E-state index in [0.29, 0.717) is 6.67 Å². The third-order valence-electron chi connectivity index (χ3n) is 10.8. The Morgan fingerprint density at radius 3 is 1.15 bits per heavy atom. The van der Waals surface area contributed by atoms with Crippen molar-refractivity contribution in [2.45, 2.75) is 34.4 Å². The monoisotopic (exact) mass is 682 g/mol. The third-order valence-corrected chi connectivity index (χ3v) is 10.8. The van der Waals surface area contributed by atoms with E-state index >= 15 is 0 Å². The number of allylic oxidation sites excluding steroid dienone is 4. The number of hydrogen-bond donors (Lipinski definition) is 0. The van der Waals surface area contributed by atoms with Crippen LogP contribution in [0.5, 0.6) is 0 Å². The number of aliphatic imine (C=N–C) groups is 2. The normalized spacial score (nSPS) is 15.7. The summed E-state index contributed by atoms with van der Waals surface area (Å²) in [6.45, 7) is 9.25. The lowest BCUT2D eigenvalue weighted by Crippen LogP contribution is -2.36. The molecular weight excluding hydrogens is 645 g/mol. The van der Waals surface area contributed by atoms with Crippen LogP contribution in [-0.2, 0) is 6.67 Å². The van der Waals surface area contributed by atoms with E-state index in [0.717, 1.165) is 89.4 Å². The summed E-state index contributed by atoms with van der Waals surface area (Å²) in [7, 11) is 0. The Balaban J connectivity index is 1.43. The quantitative estimate of drug-likeness (QED) is 0.178. The first-order chi connectivity index (χ1) is 25.9. The van der Waals surface area contributed by atoms with E-state index in [9.17, 15) is 0 Å². The van der Waals surface area contributed by atoms with Crippen molar-refractivity contribution in [3.8, 4) is 0 Å². The molecule has 0 unspecified atom stereocenters. The predicted molar refractivity (Wildman–Crippen MR) is 218 cm³/mol. The smallest absolute Gasteiger partial charge is 0.100 e. The largest absolute Gasteiger partial charge is 0.322 e. The summed E-state index contributed by atoms with van der Waals surface area (Å²) in [5.74, 6) is 0. The molecule has 4 aromatic carbocycles. The molecule has 0 N–H and O–H groups in total. The first kappa shape index (κ1) is 31.2. The minimum atomic E-state index is 0.589. The zero-order valence-electron chi connectivity index (χ0n) is 30.4. The lowest BCUT2D eigenvalue weighted by Gasteiger charge is -2.23. The molecule has 6 heterocycles. The molecular formula is C49H38N4. The van der Waals surface area contributed by atoms with Gasteiger partial charge in [0, 0.05) is 22.3 Å². The standard InChI is InChI=1S/C49H38N4/c1-30-9-5-13-34(25-30)46-38-17-18-39(50-38)47(35-14-6-10-31(2)26-35)44-23-24-45-49(37-16-8-12-33(4)28-37)41-20-19-40(51-41)48(36-15-7-11-32(3)27-36)43-22-21-42(46)52(43)29-53(44)45/h5-28H,29H2,1-4H3.